The SMILES string of the molecule is COc1cc(-c2ccc(C3CCc4ccc(C(C5CC5)[C@H](C)C(=O)O)cc4O3)c(CN3CCCCC3(C)C)c2)ccn1. The Morgan fingerprint density at radius 1 is 1.10 bits per heavy atom. The Balaban J connectivity index is 1.34. The Morgan fingerprint density at radius 2 is 1.90 bits per heavy atom. The van der Waals surface area contributed by atoms with Gasteiger partial charge in [-0.25, -0.2) is 4.98 Å². The first-order valence-electron chi connectivity index (χ1n) is 15.6. The van der Waals surface area contributed by atoms with Gasteiger partial charge in [-0.1, -0.05) is 37.6 Å². The lowest BCUT2D eigenvalue weighted by Crippen LogP contribution is -2.46. The van der Waals surface area contributed by atoms with E-state index in [0.29, 0.717) is 11.8 Å². The van der Waals surface area contributed by atoms with E-state index in [9.17, 15) is 9.90 Å². The molecule has 3 aliphatic rings. The molecule has 2 aliphatic heterocycles. The number of hydrogen-bond acceptors (Lipinski definition) is 5. The van der Waals surface area contributed by atoms with E-state index in [1.54, 1.807) is 13.3 Å². The molecule has 1 aliphatic carbocycles. The number of carboxylic acids is 1. The highest BCUT2D eigenvalue weighted by molar-refractivity contribution is 5.71. The minimum atomic E-state index is -0.722. The minimum absolute atomic E-state index is 0.0327. The maximum absolute atomic E-state index is 11.9. The lowest BCUT2D eigenvalue weighted by molar-refractivity contribution is -0.142. The van der Waals surface area contributed by atoms with Crippen LogP contribution in [-0.4, -0.2) is 40.2 Å². The fourth-order valence-electron chi connectivity index (χ4n) is 7.15. The second kappa shape index (κ2) is 11.7. The molecule has 6 nitrogen and oxygen atoms in total. The van der Waals surface area contributed by atoms with Gasteiger partial charge in [-0.3, -0.25) is 9.69 Å². The molecule has 0 radical (unpaired) electrons. The summed E-state index contributed by atoms with van der Waals surface area (Å²) in [5.41, 5.74) is 7.26. The number of aryl methyl sites for hydroxylation is 1. The summed E-state index contributed by atoms with van der Waals surface area (Å²) in [5, 5.41) is 9.81. The lowest BCUT2D eigenvalue weighted by Gasteiger charge is -2.43. The van der Waals surface area contributed by atoms with E-state index in [1.807, 2.05) is 19.1 Å². The average molecular weight is 569 g/mol. The van der Waals surface area contributed by atoms with Crippen LogP contribution in [0.4, 0.5) is 0 Å². The maximum atomic E-state index is 11.9. The zero-order chi connectivity index (χ0) is 29.4. The molecule has 6 heteroatoms. The zero-order valence-electron chi connectivity index (χ0n) is 25.4. The fraction of sp³-hybridized carbons (Fsp3) is 0.500. The Kier molecular flexibility index (Phi) is 8.01. The average Bonchev–Trinajstić information content (AvgIpc) is 3.83. The topological polar surface area (TPSA) is 71.9 Å². The van der Waals surface area contributed by atoms with Crippen LogP contribution in [0.3, 0.4) is 0 Å². The van der Waals surface area contributed by atoms with Gasteiger partial charge < -0.3 is 14.6 Å². The van der Waals surface area contributed by atoms with E-state index in [2.05, 4.69) is 60.1 Å². The summed E-state index contributed by atoms with van der Waals surface area (Å²) in [5.74, 6) is 0.881. The molecule has 2 unspecified atom stereocenters. The van der Waals surface area contributed by atoms with Crippen molar-refractivity contribution in [1.29, 1.82) is 0 Å². The molecule has 2 fully saturated rings. The predicted molar refractivity (Wildman–Crippen MR) is 165 cm³/mol. The molecule has 3 atom stereocenters. The number of methoxy groups -OCH3 is 1. The standard InChI is InChI=1S/C36H44N2O4/c1-23(35(39)40)34(25-8-9-25)28-10-7-24-12-14-31(42-32(24)20-28)30-13-11-26(27-15-17-37-33(21-27)41-4)19-29(30)22-38-18-6-5-16-36(38,2)3/h7,10-11,13,15,17,19-21,23,25,31,34H,5-6,8-9,12,14,16,18,22H2,1-4H3,(H,39,40)/t23-,31?,34?/m0/s1. The van der Waals surface area contributed by atoms with Crippen molar-refractivity contribution < 1.29 is 19.4 Å². The van der Waals surface area contributed by atoms with Crippen molar-refractivity contribution in [2.45, 2.75) is 89.8 Å². The van der Waals surface area contributed by atoms with Gasteiger partial charge in [0.05, 0.1) is 13.0 Å². The maximum Gasteiger partial charge on any atom is 0.306 e. The quantitative estimate of drug-likeness (QED) is 0.284. The molecule has 0 bridgehead atoms. The molecular formula is C36H44N2O4. The van der Waals surface area contributed by atoms with Crippen LogP contribution in [0.5, 0.6) is 11.6 Å². The Bertz CT molecular complexity index is 1450. The van der Waals surface area contributed by atoms with E-state index < -0.39 is 11.9 Å². The number of carboxylic acid groups (broad SMARTS) is 1. The fourth-order valence-corrected chi connectivity index (χ4v) is 7.15. The molecule has 2 aromatic carbocycles. The summed E-state index contributed by atoms with van der Waals surface area (Å²) in [6.07, 6.45) is 9.54. The molecule has 0 spiro atoms. The molecule has 6 rings (SSSR count). The molecule has 0 amide bonds. The van der Waals surface area contributed by atoms with Crippen molar-refractivity contribution in [2.75, 3.05) is 13.7 Å². The van der Waals surface area contributed by atoms with Gasteiger partial charge in [0, 0.05) is 24.3 Å². The Hall–Kier alpha value is -3.38. The van der Waals surface area contributed by atoms with E-state index in [4.69, 9.17) is 9.47 Å². The van der Waals surface area contributed by atoms with E-state index in [0.717, 1.165) is 61.2 Å². The van der Waals surface area contributed by atoms with Crippen molar-refractivity contribution >= 4 is 5.97 Å². The number of benzene rings is 2. The van der Waals surface area contributed by atoms with Crippen LogP contribution >= 0.6 is 0 Å². The van der Waals surface area contributed by atoms with Gasteiger partial charge in [0.1, 0.15) is 11.9 Å². The van der Waals surface area contributed by atoms with E-state index in [1.165, 1.54) is 36.0 Å². The number of piperidine rings is 1. The number of nitrogens with zero attached hydrogens (tertiary/aromatic N) is 2. The third-order valence-corrected chi connectivity index (χ3v) is 9.93. The summed E-state index contributed by atoms with van der Waals surface area (Å²) < 4.78 is 12.2. The first-order valence-corrected chi connectivity index (χ1v) is 15.6. The molecule has 3 heterocycles. The molecule has 1 saturated carbocycles. The second-order valence-corrected chi connectivity index (χ2v) is 13.2. The summed E-state index contributed by atoms with van der Waals surface area (Å²) in [6.45, 7) is 8.56. The van der Waals surface area contributed by atoms with Crippen molar-refractivity contribution in [2.24, 2.45) is 11.8 Å². The summed E-state index contributed by atoms with van der Waals surface area (Å²) in [7, 11) is 1.65. The van der Waals surface area contributed by atoms with Crippen molar-refractivity contribution in [1.82, 2.24) is 9.88 Å². The number of hydrogen-bond donors (Lipinski definition) is 1. The van der Waals surface area contributed by atoms with Gasteiger partial charge in [-0.2, -0.15) is 0 Å². The monoisotopic (exact) mass is 568 g/mol. The third kappa shape index (κ3) is 5.92. The highest BCUT2D eigenvalue weighted by Gasteiger charge is 2.39. The van der Waals surface area contributed by atoms with Crippen molar-refractivity contribution in [3.63, 3.8) is 0 Å². The van der Waals surface area contributed by atoms with Crippen LogP contribution < -0.4 is 9.47 Å². The molecule has 1 N–H and O–H groups in total. The Labute approximate surface area is 250 Å². The third-order valence-electron chi connectivity index (χ3n) is 9.93. The molecule has 1 saturated heterocycles. The van der Waals surface area contributed by atoms with Crippen LogP contribution in [-0.2, 0) is 17.8 Å². The number of ether oxygens (including phenoxy) is 2. The number of carbonyl (C=O) groups is 1. The van der Waals surface area contributed by atoms with Gasteiger partial charge in [0.2, 0.25) is 5.88 Å². The summed E-state index contributed by atoms with van der Waals surface area (Å²) in [6, 6.07) is 17.3. The molecule has 1 aromatic heterocycles. The van der Waals surface area contributed by atoms with Gasteiger partial charge in [0.15, 0.2) is 0 Å². The summed E-state index contributed by atoms with van der Waals surface area (Å²) >= 11 is 0. The second-order valence-electron chi connectivity index (χ2n) is 13.2. The normalized spacial score (nSPS) is 21.6. The van der Waals surface area contributed by atoms with Crippen molar-refractivity contribution in [3.05, 3.63) is 77.0 Å². The highest BCUT2D eigenvalue weighted by Crippen LogP contribution is 2.48. The van der Waals surface area contributed by atoms with Crippen molar-refractivity contribution in [3.8, 4) is 22.8 Å². The first kappa shape index (κ1) is 28.7. The largest absolute Gasteiger partial charge is 0.485 e. The summed E-state index contributed by atoms with van der Waals surface area (Å²) in [4.78, 5) is 18.9. The van der Waals surface area contributed by atoms with E-state index in [-0.39, 0.29) is 17.6 Å². The van der Waals surface area contributed by atoms with Gasteiger partial charge in [-0.05, 0) is 122 Å². The predicted octanol–water partition coefficient (Wildman–Crippen LogP) is 7.80. The van der Waals surface area contributed by atoms with Crippen LogP contribution in [0.25, 0.3) is 11.1 Å². The number of pyridine rings is 1. The molecule has 42 heavy (non-hydrogen) atoms. The number of aromatic nitrogens is 1. The van der Waals surface area contributed by atoms with Crippen LogP contribution in [0.1, 0.15) is 93.6 Å². The number of likely N-dealkylation sites (tertiary alicyclic amines) is 1. The van der Waals surface area contributed by atoms with Gasteiger partial charge >= 0.3 is 5.97 Å². The number of aliphatic carboxylic acids is 1. The van der Waals surface area contributed by atoms with Crippen LogP contribution in [0, 0.1) is 11.8 Å². The van der Waals surface area contributed by atoms with Crippen LogP contribution in [0.15, 0.2) is 54.7 Å². The first-order chi connectivity index (χ1) is 20.2. The lowest BCUT2D eigenvalue weighted by atomic mass is 9.82. The molecular weight excluding hydrogens is 524 g/mol. The van der Waals surface area contributed by atoms with Gasteiger partial charge in [-0.15, -0.1) is 0 Å². The molecule has 3 aromatic rings. The van der Waals surface area contributed by atoms with E-state index >= 15 is 0 Å². The smallest absolute Gasteiger partial charge is 0.306 e. The minimum Gasteiger partial charge on any atom is -0.485 e. The van der Waals surface area contributed by atoms with Gasteiger partial charge in [0.25, 0.3) is 0 Å². The number of rotatable bonds is 9. The Morgan fingerprint density at radius 3 is 2.64 bits per heavy atom. The number of fused-ring (bicyclic) bond motifs is 1. The van der Waals surface area contributed by atoms with Crippen LogP contribution in [0.2, 0.25) is 0 Å². The zero-order valence-corrected chi connectivity index (χ0v) is 25.4. The highest BCUT2D eigenvalue weighted by atomic mass is 16.5. The molecule has 222 valence electrons.